The number of nitriles is 1. The lowest BCUT2D eigenvalue weighted by Gasteiger charge is -2.32. The summed E-state index contributed by atoms with van der Waals surface area (Å²) in [6, 6.07) is 11.1. The maximum absolute atomic E-state index is 13.4. The van der Waals surface area contributed by atoms with E-state index in [0.29, 0.717) is 22.4 Å². The minimum Gasteiger partial charge on any atom is -0.491 e. The molecule has 3 N–H and O–H groups in total. The topological polar surface area (TPSA) is 106 Å². The smallest absolute Gasteiger partial charge is 0.195 e. The Morgan fingerprint density at radius 1 is 1.28 bits per heavy atom. The third kappa shape index (κ3) is 2.82. The summed E-state index contributed by atoms with van der Waals surface area (Å²) in [7, 11) is 0. The van der Waals surface area contributed by atoms with Crippen LogP contribution in [-0.4, -0.2) is 40.3 Å². The van der Waals surface area contributed by atoms with E-state index in [1.807, 2.05) is 32.9 Å². The number of aromatic amines is 1. The van der Waals surface area contributed by atoms with Crippen molar-refractivity contribution in [3.05, 3.63) is 63.8 Å². The number of carbonyl (C=O) groups excluding carboxylic acids is 1. The number of ketones is 1. The first kappa shape index (κ1) is 19.2. The zero-order valence-electron chi connectivity index (χ0n) is 16.5. The second kappa shape index (κ2) is 6.73. The normalized spacial score (nSPS) is 15.5. The lowest BCUT2D eigenvalue weighted by atomic mass is 9.71. The van der Waals surface area contributed by atoms with Crippen molar-refractivity contribution in [3.63, 3.8) is 0 Å². The molecule has 6 heteroatoms. The molecule has 29 heavy (non-hydrogen) atoms. The highest BCUT2D eigenvalue weighted by atomic mass is 16.5. The molecule has 0 bridgehead atoms. The molecule has 3 aromatic rings. The first-order chi connectivity index (χ1) is 13.8. The molecule has 1 aliphatic carbocycles. The molecule has 1 heterocycles. The van der Waals surface area contributed by atoms with E-state index in [1.54, 1.807) is 18.2 Å². The number of nitrogens with one attached hydrogen (secondary N) is 1. The van der Waals surface area contributed by atoms with Gasteiger partial charge in [-0.3, -0.25) is 4.79 Å². The van der Waals surface area contributed by atoms with Crippen LogP contribution < -0.4 is 4.74 Å². The van der Waals surface area contributed by atoms with Gasteiger partial charge in [-0.2, -0.15) is 5.26 Å². The van der Waals surface area contributed by atoms with Crippen LogP contribution in [-0.2, 0) is 5.41 Å². The van der Waals surface area contributed by atoms with Crippen LogP contribution in [0.1, 0.15) is 52.2 Å². The standard InChI is InChI=1S/C23H22N2O4/c1-12-13(9-24)4-6-17-19-21(28)16-7-5-15(29-11-14(27)10-26)8-18(16)23(2,3)22(19)25-20(12)17/h4-8,14,25-27H,10-11H2,1-3H3/t14-/m0/s1. The van der Waals surface area contributed by atoms with Gasteiger partial charge in [0.2, 0.25) is 0 Å². The number of aliphatic hydroxyl groups excluding tert-OH is 2. The monoisotopic (exact) mass is 390 g/mol. The first-order valence-corrected chi connectivity index (χ1v) is 9.46. The number of carbonyl (C=O) groups is 1. The van der Waals surface area contributed by atoms with Gasteiger partial charge in [-0.05, 0) is 42.3 Å². The van der Waals surface area contributed by atoms with Gasteiger partial charge in [0.1, 0.15) is 18.5 Å². The van der Waals surface area contributed by atoms with Gasteiger partial charge in [-0.1, -0.05) is 19.9 Å². The van der Waals surface area contributed by atoms with Gasteiger partial charge in [0.15, 0.2) is 5.78 Å². The molecule has 0 fully saturated rings. The van der Waals surface area contributed by atoms with Crippen molar-refractivity contribution in [3.8, 4) is 11.8 Å². The molecular formula is C23H22N2O4. The summed E-state index contributed by atoms with van der Waals surface area (Å²) < 4.78 is 5.58. The number of nitrogens with zero attached hydrogens (tertiary/aromatic N) is 1. The Morgan fingerprint density at radius 3 is 2.72 bits per heavy atom. The number of fused-ring (bicyclic) bond motifs is 4. The van der Waals surface area contributed by atoms with Crippen LogP contribution in [0.5, 0.6) is 5.75 Å². The maximum atomic E-state index is 13.4. The third-order valence-electron chi connectivity index (χ3n) is 5.77. The van der Waals surface area contributed by atoms with Crippen molar-refractivity contribution < 1.29 is 19.7 Å². The average Bonchev–Trinajstić information content (AvgIpc) is 3.12. The number of aryl methyl sites for hydroxylation is 1. The number of H-pyrrole nitrogens is 1. The van der Waals surface area contributed by atoms with Crippen molar-refractivity contribution in [1.82, 2.24) is 4.98 Å². The quantitative estimate of drug-likeness (QED) is 0.635. The number of hydrogen-bond acceptors (Lipinski definition) is 5. The van der Waals surface area contributed by atoms with Gasteiger partial charge < -0.3 is 19.9 Å². The van der Waals surface area contributed by atoms with Crippen LogP contribution in [0, 0.1) is 18.3 Å². The second-order valence-corrected chi connectivity index (χ2v) is 7.96. The fourth-order valence-corrected chi connectivity index (χ4v) is 4.07. The molecule has 148 valence electrons. The van der Waals surface area contributed by atoms with E-state index in [2.05, 4.69) is 11.1 Å². The Bertz CT molecular complexity index is 1180. The third-order valence-corrected chi connectivity index (χ3v) is 5.77. The highest BCUT2D eigenvalue weighted by Gasteiger charge is 2.40. The number of hydrogen-bond donors (Lipinski definition) is 3. The van der Waals surface area contributed by atoms with E-state index in [1.165, 1.54) is 0 Å². The Labute approximate surface area is 168 Å². The van der Waals surface area contributed by atoms with Gasteiger partial charge in [-0.25, -0.2) is 0 Å². The van der Waals surface area contributed by atoms with Gasteiger partial charge in [0.05, 0.1) is 29.3 Å². The zero-order chi connectivity index (χ0) is 20.9. The fourth-order valence-electron chi connectivity index (χ4n) is 4.07. The summed E-state index contributed by atoms with van der Waals surface area (Å²) in [4.78, 5) is 16.8. The Hall–Kier alpha value is -3.14. The van der Waals surface area contributed by atoms with E-state index < -0.39 is 11.5 Å². The van der Waals surface area contributed by atoms with E-state index >= 15 is 0 Å². The van der Waals surface area contributed by atoms with Gasteiger partial charge in [0.25, 0.3) is 0 Å². The van der Waals surface area contributed by atoms with E-state index in [0.717, 1.165) is 27.7 Å². The summed E-state index contributed by atoms with van der Waals surface area (Å²) >= 11 is 0. The zero-order valence-corrected chi connectivity index (χ0v) is 16.5. The lowest BCUT2D eigenvalue weighted by Crippen LogP contribution is -2.30. The van der Waals surface area contributed by atoms with Gasteiger partial charge >= 0.3 is 0 Å². The number of rotatable bonds is 4. The molecule has 2 aromatic carbocycles. The van der Waals surface area contributed by atoms with Crippen molar-refractivity contribution in [2.75, 3.05) is 13.2 Å². The highest BCUT2D eigenvalue weighted by molar-refractivity contribution is 6.20. The van der Waals surface area contributed by atoms with Gasteiger partial charge in [-0.15, -0.1) is 0 Å². The molecule has 0 saturated heterocycles. The molecule has 0 unspecified atom stereocenters. The molecule has 0 saturated carbocycles. The molecule has 1 aliphatic rings. The molecule has 6 nitrogen and oxygen atoms in total. The molecular weight excluding hydrogens is 368 g/mol. The lowest BCUT2D eigenvalue weighted by molar-refractivity contribution is 0.0535. The highest BCUT2D eigenvalue weighted by Crippen LogP contribution is 2.45. The number of ether oxygens (including phenoxy) is 1. The second-order valence-electron chi connectivity index (χ2n) is 7.96. The maximum Gasteiger partial charge on any atom is 0.195 e. The van der Waals surface area contributed by atoms with Crippen LogP contribution in [0.2, 0.25) is 0 Å². The minimum absolute atomic E-state index is 0.0303. The SMILES string of the molecule is Cc1c(C#N)ccc2c3c([nH]c12)C(C)(C)c1cc(OC[C@@H](O)CO)ccc1C3=O. The summed E-state index contributed by atoms with van der Waals surface area (Å²) in [5, 5.41) is 28.6. The van der Waals surface area contributed by atoms with E-state index in [9.17, 15) is 15.2 Å². The van der Waals surface area contributed by atoms with Crippen molar-refractivity contribution in [1.29, 1.82) is 5.26 Å². The predicted molar refractivity (Wildman–Crippen MR) is 108 cm³/mol. The minimum atomic E-state index is -0.960. The number of aliphatic hydroxyl groups is 2. The number of benzene rings is 2. The van der Waals surface area contributed by atoms with Crippen molar-refractivity contribution in [2.45, 2.75) is 32.3 Å². The molecule has 0 radical (unpaired) electrons. The van der Waals surface area contributed by atoms with Crippen molar-refractivity contribution in [2.24, 2.45) is 0 Å². The first-order valence-electron chi connectivity index (χ1n) is 9.46. The summed E-state index contributed by atoms with van der Waals surface area (Å²) in [6.07, 6.45) is -0.960. The summed E-state index contributed by atoms with van der Waals surface area (Å²) in [6.45, 7) is 5.55. The molecule has 0 spiro atoms. The fraction of sp³-hybridized carbons (Fsp3) is 0.304. The van der Waals surface area contributed by atoms with Crippen LogP contribution in [0.4, 0.5) is 0 Å². The van der Waals surface area contributed by atoms with Crippen LogP contribution in [0.25, 0.3) is 10.9 Å². The van der Waals surface area contributed by atoms with Crippen LogP contribution in [0.3, 0.4) is 0 Å². The predicted octanol–water partition coefficient (Wildman–Crippen LogP) is 2.95. The number of aromatic nitrogens is 1. The Balaban J connectivity index is 1.87. The largest absolute Gasteiger partial charge is 0.491 e. The summed E-state index contributed by atoms with van der Waals surface area (Å²) in [5.74, 6) is 0.464. The van der Waals surface area contributed by atoms with Crippen LogP contribution in [0.15, 0.2) is 30.3 Å². The molecule has 1 atom stereocenters. The molecule has 0 amide bonds. The average molecular weight is 390 g/mol. The molecule has 1 aromatic heterocycles. The van der Waals surface area contributed by atoms with E-state index in [-0.39, 0.29) is 19.0 Å². The van der Waals surface area contributed by atoms with Crippen molar-refractivity contribution >= 4 is 16.7 Å². The van der Waals surface area contributed by atoms with E-state index in [4.69, 9.17) is 9.84 Å². The van der Waals surface area contributed by atoms with Gasteiger partial charge in [0, 0.05) is 22.1 Å². The molecule has 0 aliphatic heterocycles. The van der Waals surface area contributed by atoms with Crippen LogP contribution >= 0.6 is 0 Å². The Morgan fingerprint density at radius 2 is 2.03 bits per heavy atom. The summed E-state index contributed by atoms with van der Waals surface area (Å²) in [5.41, 5.74) is 4.63. The Kier molecular flexibility index (Phi) is 4.45. The molecule has 4 rings (SSSR count).